The second kappa shape index (κ2) is 7.38. The summed E-state index contributed by atoms with van der Waals surface area (Å²) in [6, 6.07) is 10.5. The van der Waals surface area contributed by atoms with E-state index in [1.165, 1.54) is 18.3 Å². The fourth-order valence-electron chi connectivity index (χ4n) is 1.78. The van der Waals surface area contributed by atoms with Gasteiger partial charge in [-0.3, -0.25) is 9.59 Å². The van der Waals surface area contributed by atoms with Crippen molar-refractivity contribution in [2.75, 3.05) is 5.32 Å². The van der Waals surface area contributed by atoms with Gasteiger partial charge in [0.15, 0.2) is 6.10 Å². The van der Waals surface area contributed by atoms with Crippen molar-refractivity contribution in [1.82, 2.24) is 0 Å². The molecule has 1 heterocycles. The largest absolute Gasteiger partial charge is 0.452 e. The van der Waals surface area contributed by atoms with E-state index in [-0.39, 0.29) is 6.42 Å². The molecule has 0 aliphatic rings. The van der Waals surface area contributed by atoms with Crippen molar-refractivity contribution in [2.45, 2.75) is 19.4 Å². The fraction of sp³-hybridized carbons (Fsp3) is 0.188. The summed E-state index contributed by atoms with van der Waals surface area (Å²) in [5.74, 6) is -0.934. The quantitative estimate of drug-likeness (QED) is 0.861. The van der Waals surface area contributed by atoms with Crippen LogP contribution in [-0.2, 0) is 20.7 Å². The number of ether oxygens (including phenoxy) is 1. The van der Waals surface area contributed by atoms with Crippen LogP contribution in [0.5, 0.6) is 0 Å². The van der Waals surface area contributed by atoms with Gasteiger partial charge < -0.3 is 10.1 Å². The molecule has 6 heteroatoms. The number of thiophene rings is 1. The summed E-state index contributed by atoms with van der Waals surface area (Å²) in [6.07, 6.45) is -0.798. The zero-order chi connectivity index (χ0) is 15.9. The van der Waals surface area contributed by atoms with E-state index in [1.807, 2.05) is 22.9 Å². The van der Waals surface area contributed by atoms with Crippen LogP contribution in [0.25, 0.3) is 0 Å². The number of nitrogens with one attached hydrogen (secondary N) is 1. The number of anilines is 1. The minimum absolute atomic E-state index is 0.135. The normalized spacial score (nSPS) is 11.3. The van der Waals surface area contributed by atoms with E-state index < -0.39 is 18.0 Å². The minimum Gasteiger partial charge on any atom is -0.452 e. The number of nitrogens with zero attached hydrogens (tertiary/aromatic N) is 1. The Morgan fingerprint density at radius 1 is 1.36 bits per heavy atom. The molecule has 0 radical (unpaired) electrons. The molecule has 1 amide bonds. The Kier molecular flexibility index (Phi) is 5.28. The van der Waals surface area contributed by atoms with E-state index in [9.17, 15) is 9.59 Å². The summed E-state index contributed by atoms with van der Waals surface area (Å²) in [4.78, 5) is 23.8. The number of carbonyl (C=O) groups is 2. The number of para-hydroxylation sites is 1. The standard InChI is InChI=1S/C16H14N2O3S/c1-11(21-15(19)8-12-6-7-22-10-12)16(20)18-14-5-3-2-4-13(14)9-17/h2-7,10-11H,8H2,1H3,(H,18,20)/t11-/m1/s1. The van der Waals surface area contributed by atoms with Crippen LogP contribution in [0.15, 0.2) is 41.1 Å². The van der Waals surface area contributed by atoms with E-state index >= 15 is 0 Å². The summed E-state index contributed by atoms with van der Waals surface area (Å²) >= 11 is 1.49. The lowest BCUT2D eigenvalue weighted by Gasteiger charge is -2.14. The molecule has 1 atom stereocenters. The molecule has 5 nitrogen and oxygen atoms in total. The molecule has 22 heavy (non-hydrogen) atoms. The average Bonchev–Trinajstić information content (AvgIpc) is 3.00. The molecule has 112 valence electrons. The number of hydrogen-bond acceptors (Lipinski definition) is 5. The molecular formula is C16H14N2O3S. The van der Waals surface area contributed by atoms with Gasteiger partial charge in [-0.2, -0.15) is 16.6 Å². The SMILES string of the molecule is C[C@@H](OC(=O)Cc1ccsc1)C(=O)Nc1ccccc1C#N. The molecule has 2 aromatic rings. The summed E-state index contributed by atoms with van der Waals surface area (Å²) in [5.41, 5.74) is 1.61. The molecule has 0 bridgehead atoms. The molecule has 0 saturated heterocycles. The number of rotatable bonds is 5. The first-order valence-corrected chi connectivity index (χ1v) is 7.55. The number of benzene rings is 1. The third-order valence-electron chi connectivity index (χ3n) is 2.91. The molecule has 0 fully saturated rings. The second-order valence-corrected chi connectivity index (χ2v) is 5.37. The lowest BCUT2D eigenvalue weighted by Crippen LogP contribution is -2.30. The molecule has 1 N–H and O–H groups in total. The topological polar surface area (TPSA) is 79.2 Å². The van der Waals surface area contributed by atoms with Crippen molar-refractivity contribution >= 4 is 28.9 Å². The van der Waals surface area contributed by atoms with E-state index in [4.69, 9.17) is 10.00 Å². The van der Waals surface area contributed by atoms with Crippen LogP contribution in [0.3, 0.4) is 0 Å². The zero-order valence-electron chi connectivity index (χ0n) is 11.9. The van der Waals surface area contributed by atoms with Crippen molar-refractivity contribution in [3.05, 3.63) is 52.2 Å². The third-order valence-corrected chi connectivity index (χ3v) is 3.64. The lowest BCUT2D eigenvalue weighted by atomic mass is 10.2. The molecule has 0 aliphatic heterocycles. The first-order chi connectivity index (χ1) is 10.6. The van der Waals surface area contributed by atoms with Gasteiger partial charge in [0.05, 0.1) is 17.7 Å². The van der Waals surface area contributed by atoms with Gasteiger partial charge in [0.2, 0.25) is 0 Å². The van der Waals surface area contributed by atoms with E-state index in [0.717, 1.165) is 5.56 Å². The van der Waals surface area contributed by atoms with Crippen molar-refractivity contribution < 1.29 is 14.3 Å². The van der Waals surface area contributed by atoms with Crippen LogP contribution >= 0.6 is 11.3 Å². The number of esters is 1. The number of hydrogen-bond donors (Lipinski definition) is 1. The van der Waals surface area contributed by atoms with Gasteiger partial charge in [0.25, 0.3) is 5.91 Å². The van der Waals surface area contributed by atoms with Gasteiger partial charge in [-0.15, -0.1) is 0 Å². The van der Waals surface area contributed by atoms with Gasteiger partial charge in [-0.05, 0) is 41.4 Å². The van der Waals surface area contributed by atoms with Crippen LogP contribution < -0.4 is 5.32 Å². The Hall–Kier alpha value is -2.65. The summed E-state index contributed by atoms with van der Waals surface area (Å²) < 4.78 is 5.10. The maximum absolute atomic E-state index is 12.0. The smallest absolute Gasteiger partial charge is 0.311 e. The van der Waals surface area contributed by atoms with E-state index in [0.29, 0.717) is 11.3 Å². The molecule has 1 aromatic heterocycles. The Bertz CT molecular complexity index is 704. The average molecular weight is 314 g/mol. The highest BCUT2D eigenvalue weighted by Gasteiger charge is 2.19. The maximum Gasteiger partial charge on any atom is 0.311 e. The fourth-order valence-corrected chi connectivity index (χ4v) is 2.44. The summed E-state index contributed by atoms with van der Waals surface area (Å²) in [5, 5.41) is 15.3. The molecule has 2 rings (SSSR count). The zero-order valence-corrected chi connectivity index (χ0v) is 12.7. The van der Waals surface area contributed by atoms with Gasteiger partial charge in [-0.25, -0.2) is 0 Å². The minimum atomic E-state index is -0.933. The first-order valence-electron chi connectivity index (χ1n) is 6.60. The van der Waals surface area contributed by atoms with Crippen molar-refractivity contribution in [1.29, 1.82) is 5.26 Å². The second-order valence-electron chi connectivity index (χ2n) is 4.59. The van der Waals surface area contributed by atoms with Crippen LogP contribution in [0.4, 0.5) is 5.69 Å². The van der Waals surface area contributed by atoms with Gasteiger partial charge in [0, 0.05) is 0 Å². The molecular weight excluding hydrogens is 300 g/mol. The highest BCUT2D eigenvalue weighted by atomic mass is 32.1. The maximum atomic E-state index is 12.0. The molecule has 0 spiro atoms. The Labute approximate surface area is 132 Å². The number of nitriles is 1. The molecule has 1 aromatic carbocycles. The number of carbonyl (C=O) groups excluding carboxylic acids is 2. The summed E-state index contributed by atoms with van der Waals surface area (Å²) in [6.45, 7) is 1.50. The Morgan fingerprint density at radius 2 is 2.14 bits per heavy atom. The monoisotopic (exact) mass is 314 g/mol. The van der Waals surface area contributed by atoms with E-state index in [2.05, 4.69) is 5.32 Å². The Balaban J connectivity index is 1.92. The molecule has 0 saturated carbocycles. The first kappa shape index (κ1) is 15.7. The molecule has 0 unspecified atom stereocenters. The Morgan fingerprint density at radius 3 is 2.82 bits per heavy atom. The van der Waals surface area contributed by atoms with Gasteiger partial charge in [0.1, 0.15) is 6.07 Å². The lowest BCUT2D eigenvalue weighted by molar-refractivity contribution is -0.152. The van der Waals surface area contributed by atoms with Crippen molar-refractivity contribution in [3.63, 3.8) is 0 Å². The predicted molar refractivity (Wildman–Crippen MR) is 83.4 cm³/mol. The van der Waals surface area contributed by atoms with Crippen molar-refractivity contribution in [3.8, 4) is 6.07 Å². The number of amides is 1. The van der Waals surface area contributed by atoms with Gasteiger partial charge in [-0.1, -0.05) is 12.1 Å². The molecule has 0 aliphatic carbocycles. The van der Waals surface area contributed by atoms with Crippen molar-refractivity contribution in [2.24, 2.45) is 0 Å². The van der Waals surface area contributed by atoms with Crippen LogP contribution in [0, 0.1) is 11.3 Å². The highest BCUT2D eigenvalue weighted by Crippen LogP contribution is 2.14. The predicted octanol–water partition coefficient (Wildman–Crippen LogP) is 2.73. The van der Waals surface area contributed by atoms with Crippen LogP contribution in [0.1, 0.15) is 18.1 Å². The highest BCUT2D eigenvalue weighted by molar-refractivity contribution is 7.07. The van der Waals surface area contributed by atoms with Crippen LogP contribution in [-0.4, -0.2) is 18.0 Å². The third kappa shape index (κ3) is 4.17. The van der Waals surface area contributed by atoms with Gasteiger partial charge >= 0.3 is 5.97 Å². The van der Waals surface area contributed by atoms with Crippen LogP contribution in [0.2, 0.25) is 0 Å². The van der Waals surface area contributed by atoms with E-state index in [1.54, 1.807) is 24.3 Å². The summed E-state index contributed by atoms with van der Waals surface area (Å²) in [7, 11) is 0.